The number of unbranched alkanes of at least 4 members (excludes halogenated alkanes) is 21. The van der Waals surface area contributed by atoms with Crippen LogP contribution in [0.4, 0.5) is 0 Å². The molecule has 58 heavy (non-hydrogen) atoms. The van der Waals surface area contributed by atoms with Gasteiger partial charge < -0.3 is 20.3 Å². The van der Waals surface area contributed by atoms with Crippen LogP contribution in [-0.4, -0.2) is 46.9 Å². The van der Waals surface area contributed by atoms with Gasteiger partial charge in [-0.15, -0.1) is 0 Å². The molecule has 0 radical (unpaired) electrons. The minimum Gasteiger partial charge on any atom is -0.462 e. The van der Waals surface area contributed by atoms with Gasteiger partial charge in [0.25, 0.3) is 0 Å². The first kappa shape index (κ1) is 55.6. The van der Waals surface area contributed by atoms with Crippen LogP contribution >= 0.6 is 0 Å². The highest BCUT2D eigenvalue weighted by Gasteiger charge is 2.24. The van der Waals surface area contributed by atoms with Gasteiger partial charge in [-0.05, 0) is 64.2 Å². The Morgan fingerprint density at radius 3 is 1.34 bits per heavy atom. The highest BCUT2D eigenvalue weighted by molar-refractivity contribution is 5.77. The summed E-state index contributed by atoms with van der Waals surface area (Å²) in [6.45, 7) is 6.33. The SMILES string of the molecule is CC/C=C\C/C=C\C/C=C\C/C=C\C/C=C\CCCC(=O)OC(CCCCCCCCCC)CC(=O)NC(CO)C(O)CCCCCCCCCCCCCCCC. The second-order valence-corrected chi connectivity index (χ2v) is 16.5. The van der Waals surface area contributed by atoms with Gasteiger partial charge in [-0.3, -0.25) is 9.59 Å². The van der Waals surface area contributed by atoms with Crippen molar-refractivity contribution < 1.29 is 24.5 Å². The lowest BCUT2D eigenvalue weighted by molar-refractivity contribution is -0.151. The first-order valence-electron chi connectivity index (χ1n) is 24.5. The lowest BCUT2D eigenvalue weighted by atomic mass is 10.0. The predicted octanol–water partition coefficient (Wildman–Crippen LogP) is 14.5. The fourth-order valence-electron chi connectivity index (χ4n) is 7.17. The van der Waals surface area contributed by atoms with Crippen molar-refractivity contribution in [2.45, 2.75) is 251 Å². The van der Waals surface area contributed by atoms with Crippen molar-refractivity contribution in [3.63, 3.8) is 0 Å². The molecule has 0 rings (SSSR count). The molecule has 0 saturated heterocycles. The summed E-state index contributed by atoms with van der Waals surface area (Å²) in [5.74, 6) is -0.545. The highest BCUT2D eigenvalue weighted by atomic mass is 16.5. The average molecular weight is 812 g/mol. The largest absolute Gasteiger partial charge is 0.462 e. The summed E-state index contributed by atoms with van der Waals surface area (Å²) in [4.78, 5) is 26.0. The third-order valence-electron chi connectivity index (χ3n) is 10.9. The Labute approximate surface area is 358 Å². The summed E-state index contributed by atoms with van der Waals surface area (Å²) in [6.07, 6.45) is 55.7. The van der Waals surface area contributed by atoms with Gasteiger partial charge in [0, 0.05) is 6.42 Å². The number of rotatable bonds is 43. The Morgan fingerprint density at radius 2 is 0.914 bits per heavy atom. The van der Waals surface area contributed by atoms with Gasteiger partial charge in [-0.2, -0.15) is 0 Å². The van der Waals surface area contributed by atoms with Crippen molar-refractivity contribution in [1.82, 2.24) is 5.32 Å². The molecule has 0 bridgehead atoms. The van der Waals surface area contributed by atoms with Gasteiger partial charge in [-0.25, -0.2) is 0 Å². The Kier molecular flexibility index (Phi) is 43.7. The van der Waals surface area contributed by atoms with Gasteiger partial charge in [0.05, 0.1) is 25.2 Å². The highest BCUT2D eigenvalue weighted by Crippen LogP contribution is 2.17. The number of allylic oxidation sites excluding steroid dienone is 10. The maximum atomic E-state index is 13.1. The third-order valence-corrected chi connectivity index (χ3v) is 10.9. The molecule has 336 valence electrons. The van der Waals surface area contributed by atoms with Crippen LogP contribution in [0.5, 0.6) is 0 Å². The van der Waals surface area contributed by atoms with E-state index in [-0.39, 0.29) is 24.9 Å². The first-order valence-corrected chi connectivity index (χ1v) is 24.5. The number of hydrogen-bond acceptors (Lipinski definition) is 5. The van der Waals surface area contributed by atoms with Crippen LogP contribution in [0, 0.1) is 0 Å². The number of carbonyl (C=O) groups is 2. The fraction of sp³-hybridized carbons (Fsp3) is 0.769. The maximum Gasteiger partial charge on any atom is 0.306 e. The van der Waals surface area contributed by atoms with Crippen molar-refractivity contribution in [2.75, 3.05) is 6.61 Å². The molecule has 0 aromatic rings. The minimum absolute atomic E-state index is 0.0547. The van der Waals surface area contributed by atoms with E-state index in [1.807, 2.05) is 0 Å². The molecule has 0 aliphatic carbocycles. The zero-order valence-electron chi connectivity index (χ0n) is 38.2. The molecule has 0 aliphatic rings. The van der Waals surface area contributed by atoms with Crippen molar-refractivity contribution in [3.8, 4) is 0 Å². The number of hydrogen-bond donors (Lipinski definition) is 3. The normalized spacial score (nSPS) is 13.8. The van der Waals surface area contributed by atoms with Crippen LogP contribution in [0.3, 0.4) is 0 Å². The van der Waals surface area contributed by atoms with Crippen molar-refractivity contribution in [1.29, 1.82) is 0 Å². The number of carbonyl (C=O) groups excluding carboxylic acids is 2. The van der Waals surface area contributed by atoms with E-state index >= 15 is 0 Å². The molecule has 3 N–H and O–H groups in total. The molecule has 0 heterocycles. The first-order chi connectivity index (χ1) is 28.5. The van der Waals surface area contributed by atoms with E-state index in [1.54, 1.807) is 0 Å². The lowest BCUT2D eigenvalue weighted by Gasteiger charge is -2.24. The number of amides is 1. The Hall–Kier alpha value is -2.44. The Bertz CT molecular complexity index is 1050. The third kappa shape index (κ3) is 40.3. The van der Waals surface area contributed by atoms with E-state index < -0.39 is 18.2 Å². The van der Waals surface area contributed by atoms with Gasteiger partial charge in [0.1, 0.15) is 6.10 Å². The predicted molar refractivity (Wildman–Crippen MR) is 250 cm³/mol. The van der Waals surface area contributed by atoms with Gasteiger partial charge >= 0.3 is 5.97 Å². The van der Waals surface area contributed by atoms with Crippen LogP contribution in [0.15, 0.2) is 60.8 Å². The zero-order chi connectivity index (χ0) is 42.4. The van der Waals surface area contributed by atoms with E-state index in [9.17, 15) is 19.8 Å². The number of aliphatic hydroxyl groups is 2. The number of esters is 1. The molecule has 0 saturated carbocycles. The van der Waals surface area contributed by atoms with E-state index in [0.717, 1.165) is 77.0 Å². The standard InChI is InChI=1S/C52H93NO5/c1-4-7-10-13-16-19-21-23-25-26-27-29-31-33-36-39-42-45-52(57)58-48(43-40-37-34-18-15-12-9-6-3)46-51(56)53-49(47-54)50(55)44-41-38-35-32-30-28-24-22-20-17-14-11-8-5-2/h7,10,16,19,23,25,27,29,33,36,48-50,54-55H,4-6,8-9,11-15,17-18,20-22,24,26,28,30-32,34-35,37-47H2,1-3H3,(H,53,56)/b10-7-,19-16-,25-23-,29-27-,36-33-. The summed E-state index contributed by atoms with van der Waals surface area (Å²) in [5.41, 5.74) is 0. The number of nitrogens with one attached hydrogen (secondary N) is 1. The summed E-state index contributed by atoms with van der Waals surface area (Å²) in [5, 5.41) is 23.7. The lowest BCUT2D eigenvalue weighted by Crippen LogP contribution is -2.46. The van der Waals surface area contributed by atoms with Gasteiger partial charge in [0.2, 0.25) is 5.91 Å². The minimum atomic E-state index is -0.795. The summed E-state index contributed by atoms with van der Waals surface area (Å²) < 4.78 is 5.87. The quantitative estimate of drug-likeness (QED) is 0.0324. The monoisotopic (exact) mass is 812 g/mol. The van der Waals surface area contributed by atoms with Crippen LogP contribution < -0.4 is 5.32 Å². The Morgan fingerprint density at radius 1 is 0.517 bits per heavy atom. The molecule has 0 aliphatic heterocycles. The molecule has 6 heteroatoms. The zero-order valence-corrected chi connectivity index (χ0v) is 38.2. The molecular formula is C52H93NO5. The average Bonchev–Trinajstić information content (AvgIpc) is 3.22. The fourth-order valence-corrected chi connectivity index (χ4v) is 7.17. The number of aliphatic hydroxyl groups excluding tert-OH is 2. The smallest absolute Gasteiger partial charge is 0.306 e. The van der Waals surface area contributed by atoms with Crippen LogP contribution in [0.2, 0.25) is 0 Å². The second kappa shape index (κ2) is 45.6. The van der Waals surface area contributed by atoms with Gasteiger partial charge in [0.15, 0.2) is 0 Å². The molecule has 0 aromatic heterocycles. The van der Waals surface area contributed by atoms with Crippen LogP contribution in [-0.2, 0) is 14.3 Å². The molecule has 3 unspecified atom stereocenters. The van der Waals surface area contributed by atoms with Gasteiger partial charge in [-0.1, -0.05) is 216 Å². The molecule has 0 aromatic carbocycles. The summed E-state index contributed by atoms with van der Waals surface area (Å²) in [6, 6.07) is -0.711. The summed E-state index contributed by atoms with van der Waals surface area (Å²) >= 11 is 0. The van der Waals surface area contributed by atoms with E-state index in [1.165, 1.54) is 103 Å². The topological polar surface area (TPSA) is 95.9 Å². The molecule has 6 nitrogen and oxygen atoms in total. The molecule has 3 atom stereocenters. The summed E-state index contributed by atoms with van der Waals surface area (Å²) in [7, 11) is 0. The van der Waals surface area contributed by atoms with Crippen LogP contribution in [0.25, 0.3) is 0 Å². The molecule has 0 fully saturated rings. The van der Waals surface area contributed by atoms with Crippen molar-refractivity contribution in [2.24, 2.45) is 0 Å². The Balaban J connectivity index is 4.53. The van der Waals surface area contributed by atoms with Crippen molar-refractivity contribution in [3.05, 3.63) is 60.8 Å². The molecule has 0 spiro atoms. The number of ether oxygens (including phenoxy) is 1. The second-order valence-electron chi connectivity index (χ2n) is 16.5. The van der Waals surface area contributed by atoms with E-state index in [0.29, 0.717) is 25.7 Å². The molecule has 1 amide bonds. The molecular weight excluding hydrogens is 719 g/mol. The van der Waals surface area contributed by atoms with Crippen molar-refractivity contribution >= 4 is 11.9 Å². The van der Waals surface area contributed by atoms with E-state index in [2.05, 4.69) is 86.8 Å². The maximum absolute atomic E-state index is 13.1. The van der Waals surface area contributed by atoms with Crippen LogP contribution in [0.1, 0.15) is 233 Å². The van der Waals surface area contributed by atoms with E-state index in [4.69, 9.17) is 4.74 Å².